The molecule has 1 N–H and O–H groups in total. The molecule has 0 heterocycles. The summed E-state index contributed by atoms with van der Waals surface area (Å²) >= 11 is 3.42. The molecule has 0 aliphatic heterocycles. The number of benzene rings is 2. The van der Waals surface area contributed by atoms with Gasteiger partial charge in [0.2, 0.25) is 0 Å². The Kier molecular flexibility index (Phi) is 6.41. The van der Waals surface area contributed by atoms with E-state index in [0.29, 0.717) is 6.61 Å². The number of hydrogen-bond acceptors (Lipinski definition) is 3. The first-order valence-corrected chi connectivity index (χ1v) is 7.92. The van der Waals surface area contributed by atoms with Gasteiger partial charge in [0, 0.05) is 16.7 Å². The van der Waals surface area contributed by atoms with E-state index < -0.39 is 0 Å². The normalized spacial score (nSPS) is 10.2. The number of anilines is 1. The van der Waals surface area contributed by atoms with Gasteiger partial charge in [0.05, 0.1) is 6.61 Å². The van der Waals surface area contributed by atoms with Gasteiger partial charge in [-0.15, -0.1) is 0 Å². The lowest BCUT2D eigenvalue weighted by Gasteiger charge is -2.09. The predicted molar refractivity (Wildman–Crippen MR) is 90.4 cm³/mol. The molecule has 0 spiro atoms. The van der Waals surface area contributed by atoms with Crippen molar-refractivity contribution in [2.45, 2.75) is 13.3 Å². The van der Waals surface area contributed by atoms with Crippen molar-refractivity contribution in [1.82, 2.24) is 0 Å². The molecule has 0 aliphatic rings. The molecule has 0 unspecified atom stereocenters. The molecule has 4 heteroatoms. The fourth-order valence-corrected chi connectivity index (χ4v) is 2.05. The van der Waals surface area contributed by atoms with Crippen LogP contribution < -0.4 is 14.8 Å². The molecule has 2 aromatic carbocycles. The van der Waals surface area contributed by atoms with Gasteiger partial charge in [-0.3, -0.25) is 0 Å². The van der Waals surface area contributed by atoms with E-state index in [2.05, 4.69) is 28.2 Å². The Morgan fingerprint density at radius 2 is 1.43 bits per heavy atom. The lowest BCUT2D eigenvalue weighted by atomic mass is 10.3. The minimum Gasteiger partial charge on any atom is -0.494 e. The average molecular weight is 350 g/mol. The summed E-state index contributed by atoms with van der Waals surface area (Å²) in [6.07, 6.45) is 1.01. The van der Waals surface area contributed by atoms with Gasteiger partial charge in [0.25, 0.3) is 0 Å². The summed E-state index contributed by atoms with van der Waals surface area (Å²) in [6.45, 7) is 4.22. The van der Waals surface area contributed by atoms with Crippen molar-refractivity contribution >= 4 is 21.6 Å². The summed E-state index contributed by atoms with van der Waals surface area (Å²) in [6, 6.07) is 15.8. The van der Waals surface area contributed by atoms with Gasteiger partial charge < -0.3 is 14.8 Å². The van der Waals surface area contributed by atoms with Crippen LogP contribution in [0.3, 0.4) is 0 Å². The molecule has 0 aliphatic carbocycles. The molecule has 0 fully saturated rings. The van der Waals surface area contributed by atoms with Crippen molar-refractivity contribution in [1.29, 1.82) is 0 Å². The Labute approximate surface area is 134 Å². The van der Waals surface area contributed by atoms with Crippen LogP contribution in [0.1, 0.15) is 13.3 Å². The molecule has 0 saturated heterocycles. The minimum atomic E-state index is 0.616. The molecule has 0 aromatic heterocycles. The van der Waals surface area contributed by atoms with Crippen LogP contribution in [0.25, 0.3) is 0 Å². The maximum atomic E-state index is 5.68. The third-order valence-corrected chi connectivity index (χ3v) is 3.37. The van der Waals surface area contributed by atoms with Crippen molar-refractivity contribution in [3.8, 4) is 11.5 Å². The van der Waals surface area contributed by atoms with E-state index >= 15 is 0 Å². The van der Waals surface area contributed by atoms with Crippen LogP contribution in [0, 0.1) is 0 Å². The van der Waals surface area contributed by atoms with Crippen LogP contribution in [0.4, 0.5) is 5.69 Å². The summed E-state index contributed by atoms with van der Waals surface area (Å²) in [4.78, 5) is 0. The van der Waals surface area contributed by atoms with Crippen LogP contribution in [-0.2, 0) is 0 Å². The number of ether oxygens (including phenoxy) is 2. The maximum absolute atomic E-state index is 5.68. The van der Waals surface area contributed by atoms with E-state index in [1.807, 2.05) is 48.5 Å². The highest BCUT2D eigenvalue weighted by Gasteiger charge is 1.97. The first-order chi connectivity index (χ1) is 10.3. The van der Waals surface area contributed by atoms with Gasteiger partial charge in [0.1, 0.15) is 18.1 Å². The monoisotopic (exact) mass is 349 g/mol. The molecule has 2 aromatic rings. The van der Waals surface area contributed by atoms with E-state index in [9.17, 15) is 0 Å². The zero-order valence-corrected chi connectivity index (χ0v) is 13.7. The highest BCUT2D eigenvalue weighted by Crippen LogP contribution is 2.18. The SMILES string of the molecule is CCCOc1ccc(OCCNc2ccc(Br)cc2)cc1. The highest BCUT2D eigenvalue weighted by atomic mass is 79.9. The van der Waals surface area contributed by atoms with Gasteiger partial charge in [-0.25, -0.2) is 0 Å². The van der Waals surface area contributed by atoms with Gasteiger partial charge in [-0.2, -0.15) is 0 Å². The lowest BCUT2D eigenvalue weighted by molar-refractivity contribution is 0.313. The maximum Gasteiger partial charge on any atom is 0.119 e. The quantitative estimate of drug-likeness (QED) is 0.699. The van der Waals surface area contributed by atoms with E-state index in [-0.39, 0.29) is 0 Å². The van der Waals surface area contributed by atoms with E-state index in [1.54, 1.807) is 0 Å². The first kappa shape index (κ1) is 15.7. The fraction of sp³-hybridized carbons (Fsp3) is 0.294. The summed E-state index contributed by atoms with van der Waals surface area (Å²) in [7, 11) is 0. The lowest BCUT2D eigenvalue weighted by Crippen LogP contribution is -2.11. The van der Waals surface area contributed by atoms with Gasteiger partial charge in [-0.1, -0.05) is 22.9 Å². The molecule has 0 bridgehead atoms. The average Bonchev–Trinajstić information content (AvgIpc) is 2.52. The Balaban J connectivity index is 1.69. The molecule has 0 radical (unpaired) electrons. The Bertz CT molecular complexity index is 525. The van der Waals surface area contributed by atoms with Crippen LogP contribution in [-0.4, -0.2) is 19.8 Å². The molecule has 0 saturated carbocycles. The summed E-state index contributed by atoms with van der Waals surface area (Å²) in [5.41, 5.74) is 1.09. The van der Waals surface area contributed by atoms with Crippen LogP contribution in [0.2, 0.25) is 0 Å². The van der Waals surface area contributed by atoms with E-state index in [1.165, 1.54) is 0 Å². The minimum absolute atomic E-state index is 0.616. The number of nitrogens with one attached hydrogen (secondary N) is 1. The van der Waals surface area contributed by atoms with Crippen molar-refractivity contribution < 1.29 is 9.47 Å². The van der Waals surface area contributed by atoms with Crippen molar-refractivity contribution in [3.05, 3.63) is 53.0 Å². The van der Waals surface area contributed by atoms with Crippen molar-refractivity contribution in [2.75, 3.05) is 25.1 Å². The van der Waals surface area contributed by atoms with Crippen LogP contribution >= 0.6 is 15.9 Å². The van der Waals surface area contributed by atoms with Gasteiger partial charge >= 0.3 is 0 Å². The third kappa shape index (κ3) is 5.68. The Morgan fingerprint density at radius 3 is 2.00 bits per heavy atom. The first-order valence-electron chi connectivity index (χ1n) is 7.13. The molecule has 0 amide bonds. The smallest absolute Gasteiger partial charge is 0.119 e. The predicted octanol–water partition coefficient (Wildman–Crippen LogP) is 4.73. The number of halogens is 1. The van der Waals surface area contributed by atoms with E-state index in [4.69, 9.17) is 9.47 Å². The molecule has 3 nitrogen and oxygen atoms in total. The molecule has 112 valence electrons. The Hall–Kier alpha value is -1.68. The largest absolute Gasteiger partial charge is 0.494 e. The second-order valence-electron chi connectivity index (χ2n) is 4.60. The molecular formula is C17H20BrNO2. The number of hydrogen-bond donors (Lipinski definition) is 1. The van der Waals surface area contributed by atoms with Crippen LogP contribution in [0.5, 0.6) is 11.5 Å². The molecular weight excluding hydrogens is 330 g/mol. The zero-order chi connectivity index (χ0) is 14.9. The molecule has 2 rings (SSSR count). The Morgan fingerprint density at radius 1 is 0.857 bits per heavy atom. The highest BCUT2D eigenvalue weighted by molar-refractivity contribution is 9.10. The van der Waals surface area contributed by atoms with Crippen LogP contribution in [0.15, 0.2) is 53.0 Å². The second-order valence-corrected chi connectivity index (χ2v) is 5.52. The second kappa shape index (κ2) is 8.57. The van der Waals surface area contributed by atoms with Gasteiger partial charge in [-0.05, 0) is 55.0 Å². The zero-order valence-electron chi connectivity index (χ0n) is 12.1. The molecule has 21 heavy (non-hydrogen) atoms. The topological polar surface area (TPSA) is 30.5 Å². The number of rotatable bonds is 8. The summed E-state index contributed by atoms with van der Waals surface area (Å²) < 4.78 is 12.3. The summed E-state index contributed by atoms with van der Waals surface area (Å²) in [5, 5.41) is 3.31. The fourth-order valence-electron chi connectivity index (χ4n) is 1.78. The summed E-state index contributed by atoms with van der Waals surface area (Å²) in [5.74, 6) is 1.74. The van der Waals surface area contributed by atoms with Crippen molar-refractivity contribution in [2.24, 2.45) is 0 Å². The van der Waals surface area contributed by atoms with Gasteiger partial charge in [0.15, 0.2) is 0 Å². The van der Waals surface area contributed by atoms with Crippen molar-refractivity contribution in [3.63, 3.8) is 0 Å². The standard InChI is InChI=1S/C17H20BrNO2/c1-2-12-20-16-7-9-17(10-8-16)21-13-11-19-15-5-3-14(18)4-6-15/h3-10,19H,2,11-13H2,1H3. The van der Waals surface area contributed by atoms with E-state index in [0.717, 1.165) is 41.2 Å². The third-order valence-electron chi connectivity index (χ3n) is 2.84. The molecule has 0 atom stereocenters.